The molecule has 2 heterocycles. The number of aromatic amines is 1. The van der Waals surface area contributed by atoms with Crippen LogP contribution in [0.3, 0.4) is 0 Å². The molecule has 3 aromatic rings. The summed E-state index contributed by atoms with van der Waals surface area (Å²) in [6, 6.07) is 8.08. The van der Waals surface area contributed by atoms with Crippen molar-refractivity contribution in [2.45, 2.75) is 13.5 Å². The molecule has 0 atom stereocenters. The second-order valence-electron chi connectivity index (χ2n) is 4.29. The first-order chi connectivity index (χ1) is 9.70. The number of aromatic nitrogens is 2. The average Bonchev–Trinajstić information content (AvgIpc) is 2.97. The molecule has 1 aromatic carbocycles. The van der Waals surface area contributed by atoms with Crippen molar-refractivity contribution in [1.82, 2.24) is 9.55 Å². The molecule has 0 bridgehead atoms. The van der Waals surface area contributed by atoms with Gasteiger partial charge >= 0.3 is 0 Å². The maximum absolute atomic E-state index is 5.65. The van der Waals surface area contributed by atoms with Gasteiger partial charge in [-0.3, -0.25) is 0 Å². The highest BCUT2D eigenvalue weighted by atomic mass is 79.9. The van der Waals surface area contributed by atoms with E-state index in [1.165, 1.54) is 4.88 Å². The van der Waals surface area contributed by atoms with Crippen molar-refractivity contribution in [2.75, 3.05) is 6.61 Å². The van der Waals surface area contributed by atoms with Gasteiger partial charge in [0.25, 0.3) is 0 Å². The third-order valence-electron chi connectivity index (χ3n) is 3.06. The van der Waals surface area contributed by atoms with Crippen molar-refractivity contribution in [3.63, 3.8) is 0 Å². The van der Waals surface area contributed by atoms with E-state index in [4.69, 9.17) is 17.0 Å². The first kappa shape index (κ1) is 13.9. The molecule has 104 valence electrons. The minimum Gasteiger partial charge on any atom is -0.492 e. The van der Waals surface area contributed by atoms with Crippen LogP contribution in [0.25, 0.3) is 11.0 Å². The molecule has 0 saturated heterocycles. The summed E-state index contributed by atoms with van der Waals surface area (Å²) in [5, 5.41) is 2.07. The van der Waals surface area contributed by atoms with Crippen LogP contribution in [0.2, 0.25) is 0 Å². The van der Waals surface area contributed by atoms with Crippen LogP contribution in [0.4, 0.5) is 0 Å². The Morgan fingerprint density at radius 2 is 2.25 bits per heavy atom. The fourth-order valence-electron chi connectivity index (χ4n) is 2.17. The third-order valence-corrected chi connectivity index (χ3v) is 5.30. The Bertz CT molecular complexity index is 803. The monoisotopic (exact) mass is 368 g/mol. The lowest BCUT2D eigenvalue weighted by atomic mass is 10.3. The predicted octanol–water partition coefficient (Wildman–Crippen LogP) is 4.97. The molecule has 0 spiro atoms. The number of nitrogens with one attached hydrogen (secondary N) is 1. The third kappa shape index (κ3) is 2.43. The molecule has 0 amide bonds. The molecule has 0 unspecified atom stereocenters. The Morgan fingerprint density at radius 3 is 2.95 bits per heavy atom. The van der Waals surface area contributed by atoms with Crippen LogP contribution in [0, 0.1) is 4.77 Å². The van der Waals surface area contributed by atoms with Crippen molar-refractivity contribution in [3.8, 4) is 5.75 Å². The van der Waals surface area contributed by atoms with E-state index in [0.717, 1.165) is 27.8 Å². The zero-order valence-corrected chi connectivity index (χ0v) is 14.1. The van der Waals surface area contributed by atoms with E-state index in [-0.39, 0.29) is 0 Å². The van der Waals surface area contributed by atoms with Gasteiger partial charge in [-0.2, -0.15) is 0 Å². The summed E-state index contributed by atoms with van der Waals surface area (Å²) < 4.78 is 9.59. The standard InChI is InChI=1S/C14H13BrN2OS2/c1-2-18-11-5-3-4-10-13(11)16-14(19)17(10)8-12-9(15)6-7-20-12/h3-7H,2,8H2,1H3,(H,16,19). The number of rotatable bonds is 4. The summed E-state index contributed by atoms with van der Waals surface area (Å²) in [6.45, 7) is 3.38. The van der Waals surface area contributed by atoms with Gasteiger partial charge in [0.2, 0.25) is 0 Å². The number of H-pyrrole nitrogens is 1. The van der Waals surface area contributed by atoms with E-state index in [1.807, 2.05) is 19.1 Å². The summed E-state index contributed by atoms with van der Waals surface area (Å²) >= 11 is 10.7. The molecule has 0 radical (unpaired) electrons. The van der Waals surface area contributed by atoms with Gasteiger partial charge < -0.3 is 14.3 Å². The topological polar surface area (TPSA) is 29.9 Å². The Morgan fingerprint density at radius 1 is 1.40 bits per heavy atom. The summed E-state index contributed by atoms with van der Waals surface area (Å²) in [4.78, 5) is 4.51. The molecular formula is C14H13BrN2OS2. The van der Waals surface area contributed by atoms with E-state index in [9.17, 15) is 0 Å². The van der Waals surface area contributed by atoms with Gasteiger partial charge in [-0.15, -0.1) is 11.3 Å². The molecule has 0 aliphatic rings. The summed E-state index contributed by atoms with van der Waals surface area (Å²) in [7, 11) is 0. The second-order valence-corrected chi connectivity index (χ2v) is 6.53. The van der Waals surface area contributed by atoms with Gasteiger partial charge in [-0.05, 0) is 58.7 Å². The Labute approximate surface area is 134 Å². The fourth-order valence-corrected chi connectivity index (χ4v) is 3.90. The predicted molar refractivity (Wildman–Crippen MR) is 89.4 cm³/mol. The van der Waals surface area contributed by atoms with E-state index in [2.05, 4.69) is 43.0 Å². The first-order valence-electron chi connectivity index (χ1n) is 6.27. The van der Waals surface area contributed by atoms with Gasteiger partial charge in [-0.1, -0.05) is 6.07 Å². The highest BCUT2D eigenvalue weighted by Crippen LogP contribution is 2.28. The van der Waals surface area contributed by atoms with Crippen molar-refractivity contribution in [1.29, 1.82) is 0 Å². The lowest BCUT2D eigenvalue weighted by molar-refractivity contribution is 0.343. The quantitative estimate of drug-likeness (QED) is 0.658. The Kier molecular flexibility index (Phi) is 3.96. The molecule has 3 rings (SSSR count). The highest BCUT2D eigenvalue weighted by Gasteiger charge is 2.11. The van der Waals surface area contributed by atoms with Crippen molar-refractivity contribution < 1.29 is 4.74 Å². The minimum absolute atomic E-state index is 0.640. The van der Waals surface area contributed by atoms with Crippen molar-refractivity contribution in [3.05, 3.63) is 43.8 Å². The van der Waals surface area contributed by atoms with Crippen LogP contribution in [0.1, 0.15) is 11.8 Å². The number of ether oxygens (including phenoxy) is 1. The lowest BCUT2D eigenvalue weighted by Gasteiger charge is -2.06. The maximum Gasteiger partial charge on any atom is 0.178 e. The maximum atomic E-state index is 5.65. The van der Waals surface area contributed by atoms with E-state index in [1.54, 1.807) is 11.3 Å². The molecular weight excluding hydrogens is 356 g/mol. The SMILES string of the molecule is CCOc1cccc2c1[nH]c(=S)n2Cc1sccc1Br. The molecule has 6 heteroatoms. The van der Waals surface area contributed by atoms with Crippen molar-refractivity contribution >= 4 is 50.5 Å². The number of fused-ring (bicyclic) bond motifs is 1. The van der Waals surface area contributed by atoms with Crippen LogP contribution in [0.5, 0.6) is 5.75 Å². The Hall–Kier alpha value is -1.11. The summed E-state index contributed by atoms with van der Waals surface area (Å²) in [5.74, 6) is 0.847. The second kappa shape index (κ2) is 5.71. The van der Waals surface area contributed by atoms with E-state index >= 15 is 0 Å². The van der Waals surface area contributed by atoms with Crippen molar-refractivity contribution in [2.24, 2.45) is 0 Å². The van der Waals surface area contributed by atoms with Gasteiger partial charge in [0, 0.05) is 9.35 Å². The van der Waals surface area contributed by atoms with Crippen LogP contribution < -0.4 is 4.74 Å². The summed E-state index contributed by atoms with van der Waals surface area (Å²) in [5.41, 5.74) is 2.04. The van der Waals surface area contributed by atoms with Crippen LogP contribution in [-0.2, 0) is 6.54 Å². The number of nitrogens with zero attached hydrogens (tertiary/aromatic N) is 1. The number of hydrogen-bond donors (Lipinski definition) is 1. The van der Waals surface area contributed by atoms with Gasteiger partial charge in [0.15, 0.2) is 4.77 Å². The average molecular weight is 369 g/mol. The van der Waals surface area contributed by atoms with Gasteiger partial charge in [0.1, 0.15) is 11.3 Å². The fraction of sp³-hybridized carbons (Fsp3) is 0.214. The minimum atomic E-state index is 0.640. The first-order valence-corrected chi connectivity index (χ1v) is 8.35. The highest BCUT2D eigenvalue weighted by molar-refractivity contribution is 9.10. The van der Waals surface area contributed by atoms with Gasteiger partial charge in [-0.25, -0.2) is 0 Å². The molecule has 0 saturated carbocycles. The normalized spacial score (nSPS) is 11.1. The number of imidazole rings is 1. The van der Waals surface area contributed by atoms with Crippen LogP contribution >= 0.6 is 39.5 Å². The molecule has 2 aromatic heterocycles. The molecule has 0 fully saturated rings. The number of benzene rings is 1. The number of halogens is 1. The largest absolute Gasteiger partial charge is 0.492 e. The van der Waals surface area contributed by atoms with Crippen LogP contribution in [-0.4, -0.2) is 16.2 Å². The zero-order valence-electron chi connectivity index (χ0n) is 10.9. The lowest BCUT2D eigenvalue weighted by Crippen LogP contribution is -1.98. The molecule has 20 heavy (non-hydrogen) atoms. The number of para-hydroxylation sites is 1. The Balaban J connectivity index is 2.12. The number of hydrogen-bond acceptors (Lipinski definition) is 3. The smallest absolute Gasteiger partial charge is 0.178 e. The molecule has 1 N–H and O–H groups in total. The molecule has 0 aliphatic carbocycles. The molecule has 3 nitrogen and oxygen atoms in total. The summed E-state index contributed by atoms with van der Waals surface area (Å²) in [6.07, 6.45) is 0. The van der Waals surface area contributed by atoms with E-state index < -0.39 is 0 Å². The molecule has 0 aliphatic heterocycles. The van der Waals surface area contributed by atoms with Gasteiger partial charge in [0.05, 0.1) is 18.7 Å². The van der Waals surface area contributed by atoms with Crippen LogP contribution in [0.15, 0.2) is 34.1 Å². The number of thiophene rings is 1. The van der Waals surface area contributed by atoms with E-state index in [0.29, 0.717) is 11.4 Å². The zero-order chi connectivity index (χ0) is 14.1.